The number of hydrogen-bond acceptors (Lipinski definition) is 3. The fraction of sp³-hybridized carbons (Fsp3) is 0.133. The zero-order chi connectivity index (χ0) is 14.7. The molecular formula is C15H13FN2OS. The highest BCUT2D eigenvalue weighted by molar-refractivity contribution is 7.84. The quantitative estimate of drug-likeness (QED) is 0.883. The molecule has 0 bridgehead atoms. The van der Waals surface area contributed by atoms with Crippen molar-refractivity contribution < 1.29 is 8.60 Å². The van der Waals surface area contributed by atoms with Crippen molar-refractivity contribution in [3.8, 4) is 6.07 Å². The van der Waals surface area contributed by atoms with E-state index in [1.54, 1.807) is 25.1 Å². The molecule has 2 N–H and O–H groups in total. The maximum absolute atomic E-state index is 13.3. The molecular weight excluding hydrogens is 275 g/mol. The Kier molecular flexibility index (Phi) is 4.16. The summed E-state index contributed by atoms with van der Waals surface area (Å²) in [7, 11) is -1.37. The topological polar surface area (TPSA) is 66.9 Å². The number of anilines is 1. The number of nitriles is 1. The van der Waals surface area contributed by atoms with Gasteiger partial charge in [-0.2, -0.15) is 5.26 Å². The van der Waals surface area contributed by atoms with Gasteiger partial charge in [0.2, 0.25) is 0 Å². The summed E-state index contributed by atoms with van der Waals surface area (Å²) in [6.07, 6.45) is 0. The Hall–Kier alpha value is -2.19. The first-order valence-corrected chi connectivity index (χ1v) is 7.27. The van der Waals surface area contributed by atoms with Gasteiger partial charge in [-0.1, -0.05) is 6.07 Å². The third-order valence-electron chi connectivity index (χ3n) is 3.05. The van der Waals surface area contributed by atoms with Gasteiger partial charge in [-0.3, -0.25) is 4.21 Å². The van der Waals surface area contributed by atoms with Crippen LogP contribution in [0.3, 0.4) is 0 Å². The average molecular weight is 288 g/mol. The number of benzene rings is 2. The van der Waals surface area contributed by atoms with Gasteiger partial charge in [0.25, 0.3) is 0 Å². The van der Waals surface area contributed by atoms with E-state index in [2.05, 4.69) is 0 Å². The van der Waals surface area contributed by atoms with Crippen LogP contribution < -0.4 is 5.73 Å². The first kappa shape index (κ1) is 14.2. The fourth-order valence-electron chi connectivity index (χ4n) is 1.89. The molecule has 1 atom stereocenters. The fourth-order valence-corrected chi connectivity index (χ4v) is 3.25. The lowest BCUT2D eigenvalue weighted by atomic mass is 10.1. The standard InChI is InChI=1S/C15H13FN2OS/c1-10-14(18)3-2-4-15(10)20(19)9-12-7-13(16)6-5-11(12)8-17/h2-7H,9,18H2,1H3. The zero-order valence-electron chi connectivity index (χ0n) is 10.9. The highest BCUT2D eigenvalue weighted by Gasteiger charge is 2.13. The van der Waals surface area contributed by atoms with E-state index in [4.69, 9.17) is 11.0 Å². The first-order chi connectivity index (χ1) is 9.52. The van der Waals surface area contributed by atoms with Crippen LogP contribution in [0.4, 0.5) is 10.1 Å². The molecule has 2 rings (SSSR count). The van der Waals surface area contributed by atoms with Gasteiger partial charge in [-0.25, -0.2) is 4.39 Å². The van der Waals surface area contributed by atoms with E-state index in [0.29, 0.717) is 21.7 Å². The van der Waals surface area contributed by atoms with Gasteiger partial charge >= 0.3 is 0 Å². The molecule has 2 aromatic carbocycles. The van der Waals surface area contributed by atoms with Gasteiger partial charge in [-0.05, 0) is 48.4 Å². The Morgan fingerprint density at radius 1 is 1.35 bits per heavy atom. The second kappa shape index (κ2) is 5.85. The molecule has 0 aliphatic rings. The summed E-state index contributed by atoms with van der Waals surface area (Å²) in [6, 6.07) is 11.0. The molecule has 0 spiro atoms. The van der Waals surface area contributed by atoms with Crippen LogP contribution in [-0.4, -0.2) is 4.21 Å². The summed E-state index contributed by atoms with van der Waals surface area (Å²) in [6.45, 7) is 1.79. The molecule has 102 valence electrons. The van der Waals surface area contributed by atoms with E-state index < -0.39 is 16.6 Å². The molecule has 0 radical (unpaired) electrons. The van der Waals surface area contributed by atoms with Crippen molar-refractivity contribution in [2.45, 2.75) is 17.6 Å². The minimum Gasteiger partial charge on any atom is -0.398 e. The number of hydrogen-bond donors (Lipinski definition) is 1. The minimum atomic E-state index is -1.37. The molecule has 0 heterocycles. The maximum Gasteiger partial charge on any atom is 0.123 e. The molecule has 0 saturated heterocycles. The van der Waals surface area contributed by atoms with E-state index in [-0.39, 0.29) is 5.75 Å². The van der Waals surface area contributed by atoms with Crippen LogP contribution in [-0.2, 0) is 16.6 Å². The molecule has 3 nitrogen and oxygen atoms in total. The third kappa shape index (κ3) is 2.86. The third-order valence-corrected chi connectivity index (χ3v) is 4.55. The van der Waals surface area contributed by atoms with Crippen molar-refractivity contribution in [3.05, 3.63) is 58.9 Å². The first-order valence-electron chi connectivity index (χ1n) is 5.95. The van der Waals surface area contributed by atoms with E-state index >= 15 is 0 Å². The van der Waals surface area contributed by atoms with Crippen LogP contribution in [0.2, 0.25) is 0 Å². The summed E-state index contributed by atoms with van der Waals surface area (Å²) in [5, 5.41) is 9.00. The lowest BCUT2D eigenvalue weighted by Gasteiger charge is -2.09. The minimum absolute atomic E-state index is 0.0882. The highest BCUT2D eigenvalue weighted by atomic mass is 32.2. The van der Waals surface area contributed by atoms with Gasteiger partial charge in [0.1, 0.15) is 5.82 Å². The van der Waals surface area contributed by atoms with Crippen LogP contribution in [0.15, 0.2) is 41.3 Å². The van der Waals surface area contributed by atoms with Crippen molar-refractivity contribution >= 4 is 16.5 Å². The van der Waals surface area contributed by atoms with Gasteiger partial charge < -0.3 is 5.73 Å². The molecule has 0 amide bonds. The molecule has 0 aliphatic carbocycles. The predicted molar refractivity (Wildman–Crippen MR) is 76.8 cm³/mol. The average Bonchev–Trinajstić information content (AvgIpc) is 2.42. The molecule has 0 aromatic heterocycles. The Morgan fingerprint density at radius 2 is 2.10 bits per heavy atom. The SMILES string of the molecule is Cc1c(N)cccc1S(=O)Cc1cc(F)ccc1C#N. The van der Waals surface area contributed by atoms with Crippen LogP contribution in [0.1, 0.15) is 16.7 Å². The molecule has 0 saturated carbocycles. The van der Waals surface area contributed by atoms with Crippen molar-refractivity contribution in [2.24, 2.45) is 0 Å². The van der Waals surface area contributed by atoms with Crippen molar-refractivity contribution in [2.75, 3.05) is 5.73 Å². The molecule has 5 heteroatoms. The number of nitrogens with zero attached hydrogens (tertiary/aromatic N) is 1. The second-order valence-electron chi connectivity index (χ2n) is 4.37. The van der Waals surface area contributed by atoms with Crippen molar-refractivity contribution in [1.82, 2.24) is 0 Å². The molecule has 0 aliphatic heterocycles. The molecule has 1 unspecified atom stereocenters. The molecule has 0 fully saturated rings. The number of nitrogens with two attached hydrogens (primary N) is 1. The second-order valence-corrected chi connectivity index (χ2v) is 5.79. The summed E-state index contributed by atoms with van der Waals surface area (Å²) >= 11 is 0. The zero-order valence-corrected chi connectivity index (χ0v) is 11.7. The Morgan fingerprint density at radius 3 is 2.80 bits per heavy atom. The largest absolute Gasteiger partial charge is 0.398 e. The summed E-state index contributed by atoms with van der Waals surface area (Å²) in [5.74, 6) is -0.356. The highest BCUT2D eigenvalue weighted by Crippen LogP contribution is 2.22. The maximum atomic E-state index is 13.3. The predicted octanol–water partition coefficient (Wildman–Crippen LogP) is 2.90. The van der Waals surface area contributed by atoms with Crippen LogP contribution >= 0.6 is 0 Å². The van der Waals surface area contributed by atoms with Crippen molar-refractivity contribution in [1.29, 1.82) is 5.26 Å². The Labute approximate surface area is 119 Å². The Bertz CT molecular complexity index is 722. The summed E-state index contributed by atoms with van der Waals surface area (Å²) in [4.78, 5) is 0.609. The van der Waals surface area contributed by atoms with Crippen LogP contribution in [0.25, 0.3) is 0 Å². The van der Waals surface area contributed by atoms with Crippen LogP contribution in [0.5, 0.6) is 0 Å². The van der Waals surface area contributed by atoms with Crippen LogP contribution in [0, 0.1) is 24.1 Å². The van der Waals surface area contributed by atoms with Gasteiger partial charge in [-0.15, -0.1) is 0 Å². The van der Waals surface area contributed by atoms with E-state index in [1.807, 2.05) is 6.07 Å². The van der Waals surface area contributed by atoms with Crippen molar-refractivity contribution in [3.63, 3.8) is 0 Å². The molecule has 20 heavy (non-hydrogen) atoms. The normalized spacial score (nSPS) is 11.8. The van der Waals surface area contributed by atoms with E-state index in [9.17, 15) is 8.60 Å². The lowest BCUT2D eigenvalue weighted by molar-refractivity contribution is 0.626. The Balaban J connectivity index is 2.35. The van der Waals surface area contributed by atoms with Gasteiger partial charge in [0.05, 0.1) is 28.2 Å². The smallest absolute Gasteiger partial charge is 0.123 e. The number of nitrogen functional groups attached to an aromatic ring is 1. The molecule has 2 aromatic rings. The van der Waals surface area contributed by atoms with Gasteiger partial charge in [0.15, 0.2) is 0 Å². The summed E-state index contributed by atoms with van der Waals surface area (Å²) in [5.41, 5.74) is 7.87. The number of rotatable bonds is 3. The summed E-state index contributed by atoms with van der Waals surface area (Å²) < 4.78 is 25.6. The monoisotopic (exact) mass is 288 g/mol. The number of halogens is 1. The van der Waals surface area contributed by atoms with E-state index in [0.717, 1.165) is 5.56 Å². The van der Waals surface area contributed by atoms with Gasteiger partial charge in [0, 0.05) is 10.6 Å². The lowest BCUT2D eigenvalue weighted by Crippen LogP contribution is -2.03. The van der Waals surface area contributed by atoms with E-state index in [1.165, 1.54) is 18.2 Å².